The lowest BCUT2D eigenvalue weighted by Crippen LogP contribution is -2.36. The van der Waals surface area contributed by atoms with Gasteiger partial charge in [-0.2, -0.15) is 0 Å². The highest BCUT2D eigenvalue weighted by atomic mass is 32.2. The first-order valence-corrected chi connectivity index (χ1v) is 5.86. The molecular formula is C8H16NO3S-. The summed E-state index contributed by atoms with van der Waals surface area (Å²) in [6.07, 6.45) is 2.88. The Hall–Kier alpha value is 0.0300. The highest BCUT2D eigenvalue weighted by Crippen LogP contribution is 2.19. The predicted molar refractivity (Wildman–Crippen MR) is 49.8 cm³/mol. The molecule has 1 unspecified atom stereocenters. The van der Waals surface area contributed by atoms with Gasteiger partial charge in [0.15, 0.2) is 0 Å². The summed E-state index contributed by atoms with van der Waals surface area (Å²) in [5.41, 5.74) is 0. The molecule has 0 aliphatic carbocycles. The highest BCUT2D eigenvalue weighted by molar-refractivity contribution is 7.79. The Labute approximate surface area is 81.2 Å². The van der Waals surface area contributed by atoms with Crippen LogP contribution in [0.2, 0.25) is 0 Å². The normalized spacial score (nSPS) is 23.2. The minimum atomic E-state index is -1.95. The number of piperidine rings is 1. The molecule has 1 atom stereocenters. The van der Waals surface area contributed by atoms with Crippen molar-refractivity contribution in [2.24, 2.45) is 5.92 Å². The Kier molecular flexibility index (Phi) is 4.87. The lowest BCUT2D eigenvalue weighted by atomic mass is 9.94. The van der Waals surface area contributed by atoms with E-state index in [-0.39, 0.29) is 12.5 Å². The van der Waals surface area contributed by atoms with E-state index < -0.39 is 11.1 Å². The molecule has 5 heteroatoms. The number of likely N-dealkylation sites (tertiary alicyclic amines) is 1. The van der Waals surface area contributed by atoms with Crippen molar-refractivity contribution in [1.29, 1.82) is 0 Å². The average molecular weight is 206 g/mol. The molecule has 0 saturated carbocycles. The first kappa shape index (κ1) is 11.1. The standard InChI is InChI=1S/C8H17NO3S/c10-6-3-8-1-4-9(5-2-8)7-13(11)12/h8,10H,1-7H2,(H,11,12)/p-1. The van der Waals surface area contributed by atoms with Crippen LogP contribution < -0.4 is 0 Å². The van der Waals surface area contributed by atoms with Gasteiger partial charge >= 0.3 is 0 Å². The Morgan fingerprint density at radius 1 is 1.46 bits per heavy atom. The summed E-state index contributed by atoms with van der Waals surface area (Å²) >= 11 is -1.95. The second-order valence-electron chi connectivity index (χ2n) is 3.51. The lowest BCUT2D eigenvalue weighted by molar-refractivity contribution is 0.173. The van der Waals surface area contributed by atoms with Gasteiger partial charge in [-0.25, -0.2) is 0 Å². The molecule has 1 fully saturated rings. The summed E-state index contributed by atoms with van der Waals surface area (Å²) in [6.45, 7) is 1.94. The van der Waals surface area contributed by atoms with Gasteiger partial charge in [0.1, 0.15) is 0 Å². The molecule has 1 aliphatic rings. The Balaban J connectivity index is 2.18. The summed E-state index contributed by atoms with van der Waals surface area (Å²) < 4.78 is 20.8. The monoisotopic (exact) mass is 206 g/mol. The van der Waals surface area contributed by atoms with Gasteiger partial charge in [-0.3, -0.25) is 9.11 Å². The maximum absolute atomic E-state index is 10.4. The fourth-order valence-corrected chi connectivity index (χ4v) is 2.29. The molecular weight excluding hydrogens is 190 g/mol. The van der Waals surface area contributed by atoms with Crippen LogP contribution in [-0.4, -0.2) is 44.3 Å². The van der Waals surface area contributed by atoms with E-state index in [4.69, 9.17) is 5.11 Å². The quantitative estimate of drug-likeness (QED) is 0.653. The van der Waals surface area contributed by atoms with Crippen molar-refractivity contribution in [3.05, 3.63) is 0 Å². The SMILES string of the molecule is O=S([O-])CN1CCC(CCO)CC1. The zero-order chi connectivity index (χ0) is 9.68. The topological polar surface area (TPSA) is 63.6 Å². The van der Waals surface area contributed by atoms with Gasteiger partial charge in [0.05, 0.1) is 5.88 Å². The van der Waals surface area contributed by atoms with Crippen LogP contribution in [0.15, 0.2) is 0 Å². The third-order valence-corrected chi connectivity index (χ3v) is 3.11. The van der Waals surface area contributed by atoms with Crippen molar-refractivity contribution in [1.82, 2.24) is 4.90 Å². The molecule has 0 aromatic carbocycles. The fourth-order valence-electron chi connectivity index (χ4n) is 1.74. The van der Waals surface area contributed by atoms with E-state index in [0.717, 1.165) is 32.4 Å². The third-order valence-electron chi connectivity index (χ3n) is 2.53. The van der Waals surface area contributed by atoms with Crippen molar-refractivity contribution in [2.45, 2.75) is 19.3 Å². The van der Waals surface area contributed by atoms with Crippen LogP contribution in [0.1, 0.15) is 19.3 Å². The molecule has 1 rings (SSSR count). The van der Waals surface area contributed by atoms with E-state index in [1.807, 2.05) is 4.90 Å². The van der Waals surface area contributed by atoms with Crippen LogP contribution in [0.5, 0.6) is 0 Å². The number of nitrogens with zero attached hydrogens (tertiary/aromatic N) is 1. The molecule has 1 N–H and O–H groups in total. The van der Waals surface area contributed by atoms with Gasteiger partial charge in [-0.05, 0) is 49.4 Å². The van der Waals surface area contributed by atoms with Crippen LogP contribution in [0, 0.1) is 5.92 Å². The van der Waals surface area contributed by atoms with Crippen LogP contribution in [0.4, 0.5) is 0 Å². The van der Waals surface area contributed by atoms with Crippen LogP contribution in [0.3, 0.4) is 0 Å². The minimum Gasteiger partial charge on any atom is -0.771 e. The number of hydrogen-bond acceptors (Lipinski definition) is 4. The van der Waals surface area contributed by atoms with Gasteiger partial charge in [0.2, 0.25) is 0 Å². The average Bonchev–Trinajstić information content (AvgIpc) is 2.08. The Morgan fingerprint density at radius 2 is 2.08 bits per heavy atom. The molecule has 0 aromatic heterocycles. The molecule has 1 saturated heterocycles. The second-order valence-corrected chi connectivity index (χ2v) is 4.37. The first-order chi connectivity index (χ1) is 6.22. The molecule has 1 heterocycles. The molecule has 0 amide bonds. The smallest absolute Gasteiger partial charge is 0.0613 e. The summed E-state index contributed by atoms with van der Waals surface area (Å²) in [4.78, 5) is 1.94. The fraction of sp³-hybridized carbons (Fsp3) is 1.00. The molecule has 0 aromatic rings. The summed E-state index contributed by atoms with van der Waals surface area (Å²) in [6, 6.07) is 0. The van der Waals surface area contributed by atoms with Crippen molar-refractivity contribution in [2.75, 3.05) is 25.6 Å². The number of aliphatic hydroxyl groups excluding tert-OH is 1. The zero-order valence-corrected chi connectivity index (χ0v) is 8.46. The number of aliphatic hydroxyl groups is 1. The largest absolute Gasteiger partial charge is 0.771 e. The van der Waals surface area contributed by atoms with E-state index in [2.05, 4.69) is 0 Å². The minimum absolute atomic E-state index is 0.159. The number of rotatable bonds is 4. The maximum atomic E-state index is 10.4. The molecule has 0 bridgehead atoms. The number of hydrogen-bond donors (Lipinski definition) is 1. The van der Waals surface area contributed by atoms with Gasteiger partial charge in [0, 0.05) is 6.61 Å². The van der Waals surface area contributed by atoms with Crippen molar-refractivity contribution in [3.63, 3.8) is 0 Å². The first-order valence-electron chi connectivity index (χ1n) is 4.61. The van der Waals surface area contributed by atoms with Crippen molar-refractivity contribution < 1.29 is 13.9 Å². The van der Waals surface area contributed by atoms with E-state index in [9.17, 15) is 8.76 Å². The second kappa shape index (κ2) is 5.70. The summed E-state index contributed by atoms with van der Waals surface area (Å²) in [5, 5.41) is 8.72. The van der Waals surface area contributed by atoms with Gasteiger partial charge < -0.3 is 9.66 Å². The highest BCUT2D eigenvalue weighted by Gasteiger charge is 2.18. The molecule has 0 spiro atoms. The van der Waals surface area contributed by atoms with E-state index in [1.165, 1.54) is 0 Å². The molecule has 4 nitrogen and oxygen atoms in total. The van der Waals surface area contributed by atoms with E-state index in [1.54, 1.807) is 0 Å². The summed E-state index contributed by atoms with van der Waals surface area (Å²) in [7, 11) is 0. The van der Waals surface area contributed by atoms with Crippen LogP contribution in [0.25, 0.3) is 0 Å². The van der Waals surface area contributed by atoms with Gasteiger partial charge in [-0.15, -0.1) is 0 Å². The third kappa shape index (κ3) is 4.17. The van der Waals surface area contributed by atoms with Gasteiger partial charge in [0.25, 0.3) is 0 Å². The molecule has 0 radical (unpaired) electrons. The lowest BCUT2D eigenvalue weighted by Gasteiger charge is -2.31. The Bertz CT molecular complexity index is 169. The molecule has 13 heavy (non-hydrogen) atoms. The van der Waals surface area contributed by atoms with Crippen molar-refractivity contribution >= 4 is 11.1 Å². The predicted octanol–water partition coefficient (Wildman–Crippen LogP) is -0.0826. The summed E-state index contributed by atoms with van der Waals surface area (Å²) in [5.74, 6) is 0.743. The van der Waals surface area contributed by atoms with Gasteiger partial charge in [-0.1, -0.05) is 0 Å². The maximum Gasteiger partial charge on any atom is 0.0613 e. The van der Waals surface area contributed by atoms with E-state index in [0.29, 0.717) is 5.92 Å². The molecule has 78 valence electrons. The Morgan fingerprint density at radius 3 is 2.54 bits per heavy atom. The van der Waals surface area contributed by atoms with E-state index >= 15 is 0 Å². The zero-order valence-electron chi connectivity index (χ0n) is 7.65. The van der Waals surface area contributed by atoms with Crippen LogP contribution in [-0.2, 0) is 11.1 Å². The van der Waals surface area contributed by atoms with Crippen molar-refractivity contribution in [3.8, 4) is 0 Å². The van der Waals surface area contributed by atoms with Crippen LogP contribution >= 0.6 is 0 Å². The molecule has 1 aliphatic heterocycles.